The molecule has 2 fully saturated rings. The molecule has 3 heterocycles. The van der Waals surface area contributed by atoms with Crippen LogP contribution in [-0.4, -0.2) is 38.0 Å². The minimum atomic E-state index is 0.133. The van der Waals surface area contributed by atoms with E-state index in [0.717, 1.165) is 35.7 Å². The third kappa shape index (κ3) is 2.18. The molecule has 1 saturated heterocycles. The third-order valence-electron chi connectivity index (χ3n) is 4.77. The summed E-state index contributed by atoms with van der Waals surface area (Å²) in [6.07, 6.45) is 7.92. The minimum Gasteiger partial charge on any atom is -0.373 e. The highest BCUT2D eigenvalue weighted by Gasteiger charge is 2.42. The highest BCUT2D eigenvalue weighted by molar-refractivity contribution is 5.86. The van der Waals surface area contributed by atoms with Crippen LogP contribution in [0.2, 0.25) is 0 Å². The molecular formula is C15H21N5O. The Hall–Kier alpha value is -1.69. The van der Waals surface area contributed by atoms with Gasteiger partial charge in [-0.25, -0.2) is 9.97 Å². The predicted octanol–water partition coefficient (Wildman–Crippen LogP) is 2.19. The number of aromatic nitrogens is 4. The number of nitrogens with zero attached hydrogens (tertiary/aromatic N) is 4. The van der Waals surface area contributed by atoms with Gasteiger partial charge < -0.3 is 10.1 Å². The van der Waals surface area contributed by atoms with Crippen molar-refractivity contribution in [3.05, 3.63) is 12.0 Å². The van der Waals surface area contributed by atoms with E-state index in [1.165, 1.54) is 25.7 Å². The maximum absolute atomic E-state index is 6.11. The quantitative estimate of drug-likeness (QED) is 0.917. The predicted molar refractivity (Wildman–Crippen MR) is 80.2 cm³/mol. The molecule has 1 spiro atoms. The van der Waals surface area contributed by atoms with Gasteiger partial charge in [-0.1, -0.05) is 12.8 Å². The molecule has 1 N–H and O–H groups in total. The summed E-state index contributed by atoms with van der Waals surface area (Å²) in [6.45, 7) is 2.69. The van der Waals surface area contributed by atoms with Crippen molar-refractivity contribution in [2.45, 2.75) is 50.7 Å². The molecule has 0 radical (unpaired) electrons. The number of anilines is 1. The van der Waals surface area contributed by atoms with Gasteiger partial charge >= 0.3 is 0 Å². The molecular weight excluding hydrogens is 266 g/mol. The fourth-order valence-corrected chi connectivity index (χ4v) is 3.74. The molecule has 112 valence electrons. The van der Waals surface area contributed by atoms with Gasteiger partial charge in [0, 0.05) is 7.05 Å². The molecule has 6 nitrogen and oxygen atoms in total. The van der Waals surface area contributed by atoms with Gasteiger partial charge in [-0.2, -0.15) is 5.10 Å². The van der Waals surface area contributed by atoms with Gasteiger partial charge in [0.15, 0.2) is 5.65 Å². The fraction of sp³-hybridized carbons (Fsp3) is 0.667. The summed E-state index contributed by atoms with van der Waals surface area (Å²) >= 11 is 0. The molecule has 2 aromatic rings. The number of fused-ring (bicyclic) bond motifs is 1. The van der Waals surface area contributed by atoms with Crippen molar-refractivity contribution in [3.8, 4) is 0 Å². The maximum atomic E-state index is 6.11. The molecule has 1 saturated carbocycles. The maximum Gasteiger partial charge on any atom is 0.163 e. The molecule has 1 atom stereocenters. The summed E-state index contributed by atoms with van der Waals surface area (Å²) in [5.74, 6) is 1.65. The first-order valence-corrected chi connectivity index (χ1v) is 7.72. The van der Waals surface area contributed by atoms with E-state index in [0.29, 0.717) is 6.04 Å². The van der Waals surface area contributed by atoms with Crippen LogP contribution in [0.4, 0.5) is 5.82 Å². The summed E-state index contributed by atoms with van der Waals surface area (Å²) in [6, 6.07) is 0.334. The van der Waals surface area contributed by atoms with Crippen LogP contribution >= 0.6 is 0 Å². The Balaban J connectivity index is 1.60. The Morgan fingerprint density at radius 1 is 1.33 bits per heavy atom. The van der Waals surface area contributed by atoms with Crippen LogP contribution in [0.25, 0.3) is 11.0 Å². The lowest BCUT2D eigenvalue weighted by atomic mass is 9.96. The lowest BCUT2D eigenvalue weighted by molar-refractivity contribution is 0.0103. The second kappa shape index (κ2) is 4.66. The summed E-state index contributed by atoms with van der Waals surface area (Å²) in [5.41, 5.74) is 1.01. The van der Waals surface area contributed by atoms with Crippen molar-refractivity contribution in [3.63, 3.8) is 0 Å². The third-order valence-corrected chi connectivity index (χ3v) is 4.77. The zero-order valence-corrected chi connectivity index (χ0v) is 12.6. The van der Waals surface area contributed by atoms with Crippen LogP contribution in [0.3, 0.4) is 0 Å². The Morgan fingerprint density at radius 2 is 2.14 bits per heavy atom. The average Bonchev–Trinajstić information content (AvgIpc) is 3.15. The molecule has 1 aliphatic carbocycles. The van der Waals surface area contributed by atoms with Crippen LogP contribution in [0, 0.1) is 6.92 Å². The van der Waals surface area contributed by atoms with Gasteiger partial charge in [0.25, 0.3) is 0 Å². The zero-order chi connectivity index (χ0) is 14.4. The Bertz CT molecular complexity index is 674. The molecule has 1 aliphatic heterocycles. The van der Waals surface area contributed by atoms with E-state index in [1.54, 1.807) is 4.68 Å². The highest BCUT2D eigenvalue weighted by atomic mass is 16.5. The van der Waals surface area contributed by atoms with Crippen LogP contribution in [-0.2, 0) is 11.8 Å². The van der Waals surface area contributed by atoms with Crippen molar-refractivity contribution < 1.29 is 4.74 Å². The Labute approximate surface area is 123 Å². The molecule has 0 amide bonds. The van der Waals surface area contributed by atoms with Gasteiger partial charge in [0.2, 0.25) is 0 Å². The molecule has 0 aromatic carbocycles. The molecule has 2 aromatic heterocycles. The average molecular weight is 287 g/mol. The summed E-state index contributed by atoms with van der Waals surface area (Å²) in [4.78, 5) is 9.02. The van der Waals surface area contributed by atoms with E-state index in [2.05, 4.69) is 20.4 Å². The monoisotopic (exact) mass is 287 g/mol. The lowest BCUT2D eigenvalue weighted by Gasteiger charge is -2.21. The van der Waals surface area contributed by atoms with Crippen molar-refractivity contribution in [2.24, 2.45) is 7.05 Å². The summed E-state index contributed by atoms with van der Waals surface area (Å²) in [7, 11) is 1.91. The smallest absolute Gasteiger partial charge is 0.163 e. The van der Waals surface area contributed by atoms with Crippen molar-refractivity contribution >= 4 is 16.9 Å². The van der Waals surface area contributed by atoms with Gasteiger partial charge in [0.05, 0.1) is 29.8 Å². The SMILES string of the molecule is Cc1nc(NC2COC3(CCCC3)C2)c2cnn(C)c2n1. The van der Waals surface area contributed by atoms with Crippen LogP contribution in [0.15, 0.2) is 6.20 Å². The van der Waals surface area contributed by atoms with Crippen molar-refractivity contribution in [2.75, 3.05) is 11.9 Å². The molecule has 4 rings (SSSR count). The largest absolute Gasteiger partial charge is 0.373 e. The fourth-order valence-electron chi connectivity index (χ4n) is 3.74. The Kier molecular flexibility index (Phi) is 2.89. The standard InChI is InChI=1S/C15H21N5O/c1-10-17-13(12-8-16-20(2)14(12)18-10)19-11-7-15(21-9-11)5-3-4-6-15/h8,11H,3-7,9H2,1-2H3,(H,17,18,19). The van der Waals surface area contributed by atoms with E-state index in [4.69, 9.17) is 4.74 Å². The number of nitrogens with one attached hydrogen (secondary N) is 1. The van der Waals surface area contributed by atoms with Crippen molar-refractivity contribution in [1.29, 1.82) is 0 Å². The number of aryl methyl sites for hydroxylation is 2. The molecule has 6 heteroatoms. The number of hydrogen-bond donors (Lipinski definition) is 1. The van der Waals surface area contributed by atoms with Gasteiger partial charge in [-0.15, -0.1) is 0 Å². The topological polar surface area (TPSA) is 64.9 Å². The number of hydrogen-bond acceptors (Lipinski definition) is 5. The first-order valence-electron chi connectivity index (χ1n) is 7.72. The summed E-state index contributed by atoms with van der Waals surface area (Å²) < 4.78 is 7.90. The van der Waals surface area contributed by atoms with E-state index in [9.17, 15) is 0 Å². The second-order valence-corrected chi connectivity index (χ2v) is 6.37. The molecule has 1 unspecified atom stereocenters. The molecule has 21 heavy (non-hydrogen) atoms. The van der Waals surface area contributed by atoms with Crippen LogP contribution in [0.5, 0.6) is 0 Å². The summed E-state index contributed by atoms with van der Waals surface area (Å²) in [5, 5.41) is 8.83. The van der Waals surface area contributed by atoms with Crippen LogP contribution < -0.4 is 5.32 Å². The second-order valence-electron chi connectivity index (χ2n) is 6.37. The normalized spacial score (nSPS) is 24.2. The van der Waals surface area contributed by atoms with E-state index in [-0.39, 0.29) is 5.60 Å². The van der Waals surface area contributed by atoms with E-state index >= 15 is 0 Å². The van der Waals surface area contributed by atoms with Crippen LogP contribution in [0.1, 0.15) is 37.9 Å². The Morgan fingerprint density at radius 3 is 2.95 bits per heavy atom. The first-order chi connectivity index (χ1) is 10.2. The first kappa shape index (κ1) is 13.0. The van der Waals surface area contributed by atoms with E-state index in [1.807, 2.05) is 20.2 Å². The van der Waals surface area contributed by atoms with Crippen molar-refractivity contribution in [1.82, 2.24) is 19.7 Å². The van der Waals surface area contributed by atoms with E-state index < -0.39 is 0 Å². The van der Waals surface area contributed by atoms with Gasteiger partial charge in [-0.05, 0) is 26.2 Å². The number of rotatable bonds is 2. The van der Waals surface area contributed by atoms with Gasteiger partial charge in [-0.3, -0.25) is 4.68 Å². The zero-order valence-electron chi connectivity index (χ0n) is 12.6. The molecule has 0 bridgehead atoms. The lowest BCUT2D eigenvalue weighted by Crippen LogP contribution is -2.25. The van der Waals surface area contributed by atoms with Gasteiger partial charge in [0.1, 0.15) is 11.6 Å². The number of ether oxygens (including phenoxy) is 1. The minimum absolute atomic E-state index is 0.133. The highest BCUT2D eigenvalue weighted by Crippen LogP contribution is 2.41. The molecule has 2 aliphatic rings.